The Kier molecular flexibility index (Phi) is 24.3. The Morgan fingerprint density at radius 1 is 0.0909 bits per heavy atom. The molecule has 6 heterocycles. The van der Waals surface area contributed by atoms with E-state index >= 15 is 0 Å². The Morgan fingerprint density at radius 2 is 0.167 bits per heavy atom. The lowest BCUT2D eigenvalue weighted by Crippen LogP contribution is -2.96. The van der Waals surface area contributed by atoms with Crippen LogP contribution in [0.3, 0.4) is 0 Å². The molecule has 0 amide bonds. The normalized spacial score (nSPS) is 23.4. The van der Waals surface area contributed by atoms with Crippen LogP contribution in [0, 0.1) is 0 Å². The zero-order valence-electron chi connectivity index (χ0n) is 71.7. The first-order valence-corrected chi connectivity index (χ1v) is 57.8. The average molecular weight is 1850 g/mol. The molecule has 22 rings (SSSR count). The highest BCUT2D eigenvalue weighted by Crippen LogP contribution is 2.49. The molecule has 0 aliphatic carbocycles. The van der Waals surface area contributed by atoms with Gasteiger partial charge in [0.15, 0.2) is 0 Å². The van der Waals surface area contributed by atoms with Crippen LogP contribution in [-0.4, -0.2) is 70.4 Å². The van der Waals surface area contributed by atoms with E-state index in [-0.39, 0.29) is 0 Å². The maximum absolute atomic E-state index is 8.95. The standard InChI is InChI=1S/C112H88O12Si8/c1-9-25-89(26-10-1)41-49-97-57-73-105(74-58-97)125-113-126(106-75-59-98(60-76-106)50-42-90-27-11-2-12-28-90)116-129(109-81-65-101(66-82-109)53-45-93-33-17-5-18-34-93)118-127(114-125,107-77-61-99(62-78-107)51-43-91-29-13-3-14-30-91)120-131(111-85-69-103(70-86-111)55-47-95-37-21-7-22-38-95)121-128(115-125,108-79-63-100(64-80-108)52-44-92-31-15-4-16-32-92)119-130(117-126,110-83-67-102(68-84-110)54-46-94-35-19-6-20-36-94)123-132(122-129,124-131)112-87-71-104(72-88-112)56-48-96-39-23-8-24-40-96/h1-88H/b49-41-,50-42+,51-43+,52-44+,53-45+,54-46+,55-47+,56-48?. The predicted octanol–water partition coefficient (Wildman–Crippen LogP) is 20.4. The van der Waals surface area contributed by atoms with Crippen molar-refractivity contribution in [3.8, 4) is 0 Å². The average Bonchev–Trinajstić information content (AvgIpc) is 0.663. The minimum Gasteiger partial charge on any atom is -0.366 e. The first-order chi connectivity index (χ1) is 64.9. The van der Waals surface area contributed by atoms with Crippen molar-refractivity contribution in [1.29, 1.82) is 0 Å². The Balaban J connectivity index is 0.886. The number of hydrogen-bond acceptors (Lipinski definition) is 12. The van der Waals surface area contributed by atoms with Crippen molar-refractivity contribution in [3.63, 3.8) is 0 Å². The van der Waals surface area contributed by atoms with E-state index in [1.165, 1.54) is 0 Å². The van der Waals surface area contributed by atoms with Crippen LogP contribution in [0.4, 0.5) is 0 Å². The molecule has 6 aliphatic heterocycles. The van der Waals surface area contributed by atoms with Gasteiger partial charge in [-0.2, -0.15) is 0 Å². The third-order valence-corrected chi connectivity index (χ3v) is 57.6. The summed E-state index contributed by atoms with van der Waals surface area (Å²) in [5.74, 6) is 0. The van der Waals surface area contributed by atoms with Crippen molar-refractivity contribution < 1.29 is 49.4 Å². The SMILES string of the molecule is C(=Cc1ccc([Si]23O[Si]4(c5ccc(/C=C/c6ccccc6)cc5)O[Si]5(c6ccc(/C=C/c7ccccc7)cc6)O[Si]6(c7ccc(/C=C\c8ccccc8)cc7)O[Si](c7ccc(/C=C/c8ccccc8)cc7)(O4)O[Si](c4ccc(/C=C/c7ccccc7)cc4)(O2)O[Si](c2ccc(/C=C/c4ccccc4)cc2)(O6)O[Si](c2ccc(/C=C/c4ccccc4)cc2)(O3)O5)cc1)c1ccccc1. The zero-order valence-corrected chi connectivity index (χ0v) is 79.7. The van der Waals surface area contributed by atoms with Crippen molar-refractivity contribution in [2.45, 2.75) is 0 Å². The third kappa shape index (κ3) is 18.5. The zero-order chi connectivity index (χ0) is 88.6. The molecule has 0 spiro atoms. The number of hydrogen-bond donors (Lipinski definition) is 0. The van der Waals surface area contributed by atoms with Gasteiger partial charge >= 0.3 is 70.4 Å². The molecule has 0 saturated carbocycles. The second kappa shape index (κ2) is 37.5. The van der Waals surface area contributed by atoms with E-state index in [0.717, 1.165) is 89.0 Å². The minimum absolute atomic E-state index is 0.474. The summed E-state index contributed by atoms with van der Waals surface area (Å²) >= 11 is 0. The van der Waals surface area contributed by atoms with Crippen LogP contribution in [0.15, 0.2) is 437 Å². The van der Waals surface area contributed by atoms with Crippen molar-refractivity contribution in [3.05, 3.63) is 526 Å². The van der Waals surface area contributed by atoms with E-state index in [1.54, 1.807) is 0 Å². The fourth-order valence-corrected chi connectivity index (χ4v) is 62.4. The fourth-order valence-electron chi connectivity index (χ4n) is 16.5. The molecule has 16 aromatic carbocycles. The van der Waals surface area contributed by atoms with Gasteiger partial charge in [-0.1, -0.05) is 534 Å². The lowest BCUT2D eigenvalue weighted by Gasteiger charge is -2.62. The van der Waals surface area contributed by atoms with E-state index in [1.807, 2.05) is 340 Å². The largest absolute Gasteiger partial charge is 0.515 e. The fraction of sp³-hybridized carbons (Fsp3) is 0. The lowest BCUT2D eigenvalue weighted by atomic mass is 10.1. The predicted molar refractivity (Wildman–Crippen MR) is 551 cm³/mol. The molecule has 16 aromatic rings. The Labute approximate surface area is 778 Å². The maximum Gasteiger partial charge on any atom is 0.515 e. The molecule has 6 saturated heterocycles. The van der Waals surface area contributed by atoms with Gasteiger partial charge in [0, 0.05) is 41.5 Å². The highest BCUT2D eigenvalue weighted by molar-refractivity contribution is 7.14. The molecule has 0 radical (unpaired) electrons. The molecule has 0 atom stereocenters. The highest BCUT2D eigenvalue weighted by Gasteiger charge is 2.86. The second-order valence-corrected chi connectivity index (χ2v) is 55.9. The summed E-state index contributed by atoms with van der Waals surface area (Å²) < 4.78 is 107. The summed E-state index contributed by atoms with van der Waals surface area (Å²) in [4.78, 5) is 0. The van der Waals surface area contributed by atoms with E-state index in [2.05, 4.69) is 194 Å². The molecule has 0 aromatic heterocycles. The smallest absolute Gasteiger partial charge is 0.366 e. The molecule has 8 bridgehead atoms. The number of benzene rings is 16. The van der Waals surface area contributed by atoms with Crippen LogP contribution in [0.1, 0.15) is 89.0 Å². The topological polar surface area (TPSA) is 111 Å². The maximum atomic E-state index is 8.95. The summed E-state index contributed by atoms with van der Waals surface area (Å²) in [6.07, 6.45) is 33.4. The summed E-state index contributed by atoms with van der Waals surface area (Å²) in [5, 5.41) is 3.79. The third-order valence-electron chi connectivity index (χ3n) is 23.5. The molecule has 132 heavy (non-hydrogen) atoms. The second-order valence-electron chi connectivity index (χ2n) is 32.6. The van der Waals surface area contributed by atoms with Gasteiger partial charge in [-0.3, -0.25) is 0 Å². The van der Waals surface area contributed by atoms with Gasteiger partial charge in [0.25, 0.3) is 0 Å². The summed E-state index contributed by atoms with van der Waals surface area (Å²) in [6, 6.07) is 147. The van der Waals surface area contributed by atoms with Crippen molar-refractivity contribution in [1.82, 2.24) is 0 Å². The molecule has 0 unspecified atom stereocenters. The Bertz CT molecular complexity index is 5620. The van der Waals surface area contributed by atoms with Gasteiger partial charge in [-0.25, -0.2) is 0 Å². The molecular formula is C112H88O12Si8. The van der Waals surface area contributed by atoms with E-state index < -0.39 is 70.4 Å². The van der Waals surface area contributed by atoms with Crippen LogP contribution in [0.25, 0.3) is 97.2 Å². The van der Waals surface area contributed by atoms with Gasteiger partial charge in [0.1, 0.15) is 0 Å². The van der Waals surface area contributed by atoms with Gasteiger partial charge in [-0.15, -0.1) is 0 Å². The van der Waals surface area contributed by atoms with Crippen molar-refractivity contribution >= 4 is 209 Å². The molecule has 20 heteroatoms. The minimum atomic E-state index is -5.36. The highest BCUT2D eigenvalue weighted by atomic mass is 28.6. The van der Waals surface area contributed by atoms with Crippen LogP contribution < -0.4 is 41.5 Å². The van der Waals surface area contributed by atoms with Gasteiger partial charge < -0.3 is 49.4 Å². The monoisotopic (exact) mass is 1850 g/mol. The van der Waals surface area contributed by atoms with Gasteiger partial charge in [0.05, 0.1) is 0 Å². The molecular weight excluding hydrogens is 1760 g/mol. The van der Waals surface area contributed by atoms with Crippen LogP contribution in [0.5, 0.6) is 0 Å². The Morgan fingerprint density at radius 3 is 0.250 bits per heavy atom. The quantitative estimate of drug-likeness (QED) is 0.0424. The lowest BCUT2D eigenvalue weighted by molar-refractivity contribution is -0.00300. The summed E-state index contributed by atoms with van der Waals surface area (Å²) in [6.45, 7) is 0. The van der Waals surface area contributed by atoms with Crippen LogP contribution in [0.2, 0.25) is 0 Å². The van der Waals surface area contributed by atoms with E-state index in [0.29, 0.717) is 41.5 Å². The number of rotatable bonds is 24. The van der Waals surface area contributed by atoms with Crippen molar-refractivity contribution in [2.75, 3.05) is 0 Å². The summed E-state index contributed by atoms with van der Waals surface area (Å²) in [7, 11) is -42.9. The van der Waals surface area contributed by atoms with Gasteiger partial charge in [-0.05, 0) is 89.0 Å². The van der Waals surface area contributed by atoms with Crippen LogP contribution >= 0.6 is 0 Å². The summed E-state index contributed by atoms with van der Waals surface area (Å²) in [5.41, 5.74) is 15.1. The first-order valence-electron chi connectivity index (χ1n) is 44.0. The molecule has 0 N–H and O–H groups in total. The van der Waals surface area contributed by atoms with Crippen molar-refractivity contribution in [2.24, 2.45) is 0 Å². The molecule has 640 valence electrons. The first kappa shape index (κ1) is 85.5. The molecule has 12 nitrogen and oxygen atoms in total. The van der Waals surface area contributed by atoms with Gasteiger partial charge in [0.2, 0.25) is 0 Å². The van der Waals surface area contributed by atoms with E-state index in [9.17, 15) is 0 Å². The molecule has 6 aliphatic rings. The van der Waals surface area contributed by atoms with E-state index in [4.69, 9.17) is 49.4 Å². The van der Waals surface area contributed by atoms with Crippen LogP contribution in [-0.2, 0) is 49.4 Å². The molecule has 6 fully saturated rings. The Hall–Kier alpha value is -13.3.